The second-order valence-electron chi connectivity index (χ2n) is 6.06. The van der Waals surface area contributed by atoms with Gasteiger partial charge in [0.25, 0.3) is 0 Å². The summed E-state index contributed by atoms with van der Waals surface area (Å²) in [6.07, 6.45) is 2.86. The van der Waals surface area contributed by atoms with Crippen LogP contribution in [0.15, 0.2) is 54.6 Å². The van der Waals surface area contributed by atoms with Gasteiger partial charge in [0, 0.05) is 26.3 Å². The monoisotopic (exact) mass is 373 g/mol. The van der Waals surface area contributed by atoms with E-state index in [0.29, 0.717) is 19.6 Å². The predicted octanol–water partition coefficient (Wildman–Crippen LogP) is 4.73. The number of para-hydroxylation sites is 1. The van der Waals surface area contributed by atoms with Gasteiger partial charge >= 0.3 is 7.75 Å². The molecule has 26 heavy (non-hydrogen) atoms. The molecule has 1 heterocycles. The van der Waals surface area contributed by atoms with E-state index >= 15 is 0 Å². The van der Waals surface area contributed by atoms with Gasteiger partial charge in [0.1, 0.15) is 12.4 Å². The summed E-state index contributed by atoms with van der Waals surface area (Å²) in [6.45, 7) is 1.10. The SMILES string of the molecule is COP(=O)(OC)N(C)CC/C=C1/c2ccccc2COc2ccccc21. The molecule has 0 radical (unpaired) electrons. The number of benzene rings is 2. The summed E-state index contributed by atoms with van der Waals surface area (Å²) in [7, 11) is 1.33. The van der Waals surface area contributed by atoms with Crippen LogP contribution in [0, 0.1) is 0 Å². The first kappa shape index (κ1) is 18.9. The lowest BCUT2D eigenvalue weighted by Crippen LogP contribution is -2.18. The quantitative estimate of drug-likeness (QED) is 0.685. The summed E-state index contributed by atoms with van der Waals surface area (Å²) >= 11 is 0. The number of hydrogen-bond acceptors (Lipinski definition) is 4. The van der Waals surface area contributed by atoms with Crippen molar-refractivity contribution in [2.75, 3.05) is 27.8 Å². The lowest BCUT2D eigenvalue weighted by molar-refractivity contribution is 0.222. The standard InChI is InChI=1S/C20H24NO4P/c1-21(26(22,23-2)24-3)14-8-12-18-17-10-5-4-9-16(17)15-25-20-13-7-6-11-19(18)20/h4-7,9-13H,8,14-15H2,1-3H3/b18-12-. The fourth-order valence-electron chi connectivity index (χ4n) is 3.12. The van der Waals surface area contributed by atoms with Crippen LogP contribution < -0.4 is 4.74 Å². The molecule has 0 spiro atoms. The van der Waals surface area contributed by atoms with Crippen LogP contribution >= 0.6 is 7.75 Å². The summed E-state index contributed by atoms with van der Waals surface area (Å²) in [6, 6.07) is 16.3. The minimum atomic E-state index is -3.20. The van der Waals surface area contributed by atoms with Crippen LogP contribution in [0.3, 0.4) is 0 Å². The number of ether oxygens (including phenoxy) is 1. The first-order chi connectivity index (χ1) is 12.6. The third kappa shape index (κ3) is 3.76. The molecule has 5 nitrogen and oxygen atoms in total. The predicted molar refractivity (Wildman–Crippen MR) is 103 cm³/mol. The van der Waals surface area contributed by atoms with Gasteiger partial charge in [-0.15, -0.1) is 0 Å². The summed E-state index contributed by atoms with van der Waals surface area (Å²) in [5.74, 6) is 0.878. The molecule has 0 aliphatic carbocycles. The fourth-order valence-corrected chi connectivity index (χ4v) is 4.18. The molecule has 2 aromatic carbocycles. The Labute approximate surface area is 154 Å². The van der Waals surface area contributed by atoms with Gasteiger partial charge in [0.05, 0.1) is 0 Å². The van der Waals surface area contributed by atoms with Gasteiger partial charge in [-0.1, -0.05) is 48.5 Å². The topological polar surface area (TPSA) is 48.0 Å². The maximum atomic E-state index is 12.4. The first-order valence-corrected chi connectivity index (χ1v) is 10.0. The maximum absolute atomic E-state index is 12.4. The molecule has 0 unspecified atom stereocenters. The van der Waals surface area contributed by atoms with Crippen molar-refractivity contribution in [1.29, 1.82) is 0 Å². The average molecular weight is 373 g/mol. The highest BCUT2D eigenvalue weighted by Gasteiger charge is 2.27. The van der Waals surface area contributed by atoms with E-state index in [9.17, 15) is 4.57 Å². The van der Waals surface area contributed by atoms with E-state index in [-0.39, 0.29) is 0 Å². The van der Waals surface area contributed by atoms with E-state index in [4.69, 9.17) is 13.8 Å². The molecule has 1 aliphatic rings. The van der Waals surface area contributed by atoms with Crippen LogP contribution in [-0.2, 0) is 20.2 Å². The van der Waals surface area contributed by atoms with E-state index in [1.54, 1.807) is 11.7 Å². The molecule has 2 aromatic rings. The van der Waals surface area contributed by atoms with Gasteiger partial charge in [0.2, 0.25) is 0 Å². The molecule has 0 aromatic heterocycles. The van der Waals surface area contributed by atoms with E-state index in [1.165, 1.54) is 19.8 Å². The van der Waals surface area contributed by atoms with Gasteiger partial charge in [-0.05, 0) is 36.2 Å². The molecule has 0 saturated carbocycles. The molecule has 138 valence electrons. The van der Waals surface area contributed by atoms with Gasteiger partial charge in [0.15, 0.2) is 0 Å². The Bertz CT molecular complexity index is 792. The minimum absolute atomic E-state index is 0.549. The zero-order valence-corrected chi connectivity index (χ0v) is 16.2. The van der Waals surface area contributed by atoms with E-state index in [2.05, 4.69) is 24.3 Å². The van der Waals surface area contributed by atoms with E-state index in [0.717, 1.165) is 22.4 Å². The normalized spacial score (nSPS) is 15.3. The Morgan fingerprint density at radius 2 is 1.73 bits per heavy atom. The lowest BCUT2D eigenvalue weighted by Gasteiger charge is -2.23. The van der Waals surface area contributed by atoms with Crippen molar-refractivity contribution >= 4 is 13.3 Å². The van der Waals surface area contributed by atoms with Crippen LogP contribution in [0.1, 0.15) is 23.1 Å². The van der Waals surface area contributed by atoms with Crippen LogP contribution in [0.25, 0.3) is 5.57 Å². The zero-order chi connectivity index (χ0) is 18.6. The van der Waals surface area contributed by atoms with E-state index < -0.39 is 7.75 Å². The average Bonchev–Trinajstić information content (AvgIpc) is 2.84. The summed E-state index contributed by atoms with van der Waals surface area (Å²) in [5.41, 5.74) is 4.53. The highest BCUT2D eigenvalue weighted by atomic mass is 31.2. The summed E-state index contributed by atoms with van der Waals surface area (Å²) < 4.78 is 30.1. The number of fused-ring (bicyclic) bond motifs is 2. The van der Waals surface area contributed by atoms with Gasteiger partial charge in [-0.3, -0.25) is 9.05 Å². The minimum Gasteiger partial charge on any atom is -0.488 e. The Morgan fingerprint density at radius 1 is 1.08 bits per heavy atom. The molecule has 0 bridgehead atoms. The zero-order valence-electron chi connectivity index (χ0n) is 15.3. The molecular weight excluding hydrogens is 349 g/mol. The maximum Gasteiger partial charge on any atom is 0.407 e. The second kappa shape index (κ2) is 8.19. The Kier molecular flexibility index (Phi) is 5.94. The van der Waals surface area contributed by atoms with E-state index in [1.807, 2.05) is 30.3 Å². The molecule has 0 fully saturated rings. The van der Waals surface area contributed by atoms with Crippen molar-refractivity contribution in [1.82, 2.24) is 4.67 Å². The van der Waals surface area contributed by atoms with Crippen LogP contribution in [0.4, 0.5) is 0 Å². The molecule has 6 heteroatoms. The Morgan fingerprint density at radius 3 is 2.46 bits per heavy atom. The van der Waals surface area contributed by atoms with Crippen molar-refractivity contribution in [3.05, 3.63) is 71.3 Å². The van der Waals surface area contributed by atoms with Gasteiger partial charge < -0.3 is 4.74 Å². The Hall–Kier alpha value is -1.91. The number of nitrogens with zero attached hydrogens (tertiary/aromatic N) is 1. The van der Waals surface area contributed by atoms with Gasteiger partial charge in [-0.25, -0.2) is 9.24 Å². The lowest BCUT2D eigenvalue weighted by atomic mass is 9.93. The summed E-state index contributed by atoms with van der Waals surface area (Å²) in [5, 5.41) is 0. The second-order valence-corrected chi connectivity index (χ2v) is 8.41. The molecular formula is C20H24NO4P. The number of rotatable bonds is 6. The smallest absolute Gasteiger partial charge is 0.407 e. The van der Waals surface area contributed by atoms with Crippen LogP contribution in [0.2, 0.25) is 0 Å². The molecule has 0 N–H and O–H groups in total. The van der Waals surface area contributed by atoms with Crippen LogP contribution in [-0.4, -0.2) is 32.5 Å². The van der Waals surface area contributed by atoms with Crippen molar-refractivity contribution < 1.29 is 18.3 Å². The van der Waals surface area contributed by atoms with Crippen molar-refractivity contribution in [3.8, 4) is 5.75 Å². The van der Waals surface area contributed by atoms with Crippen molar-refractivity contribution in [3.63, 3.8) is 0 Å². The molecule has 3 rings (SSSR count). The highest BCUT2D eigenvalue weighted by molar-refractivity contribution is 7.51. The van der Waals surface area contributed by atoms with Gasteiger partial charge in [-0.2, -0.15) is 0 Å². The molecule has 1 aliphatic heterocycles. The third-order valence-electron chi connectivity index (χ3n) is 4.55. The third-order valence-corrected chi connectivity index (χ3v) is 6.51. The largest absolute Gasteiger partial charge is 0.488 e. The van der Waals surface area contributed by atoms with Crippen molar-refractivity contribution in [2.24, 2.45) is 0 Å². The number of hydrogen-bond donors (Lipinski definition) is 0. The molecule has 0 saturated heterocycles. The van der Waals surface area contributed by atoms with Crippen LogP contribution in [0.5, 0.6) is 5.75 Å². The molecule has 0 atom stereocenters. The molecule has 0 amide bonds. The summed E-state index contributed by atoms with van der Waals surface area (Å²) in [4.78, 5) is 0. The van der Waals surface area contributed by atoms with Crippen molar-refractivity contribution in [2.45, 2.75) is 13.0 Å². The fraction of sp³-hybridized carbons (Fsp3) is 0.300. The first-order valence-electron chi connectivity index (χ1n) is 8.53. The highest BCUT2D eigenvalue weighted by Crippen LogP contribution is 2.49. The Balaban J connectivity index is 1.91.